The molecule has 5 nitrogen and oxygen atoms in total. The van der Waals surface area contributed by atoms with Gasteiger partial charge in [0.05, 0.1) is 12.6 Å². The van der Waals surface area contributed by atoms with Gasteiger partial charge in [0.1, 0.15) is 5.75 Å². The molecule has 0 aliphatic carbocycles. The van der Waals surface area contributed by atoms with Gasteiger partial charge in [0.15, 0.2) is 5.82 Å². The molecule has 0 bridgehead atoms. The van der Waals surface area contributed by atoms with Gasteiger partial charge in [-0.25, -0.2) is 0 Å². The number of aromatic nitrogens is 2. The molecule has 0 saturated carbocycles. The van der Waals surface area contributed by atoms with E-state index in [2.05, 4.69) is 22.0 Å². The Hall–Kier alpha value is -1.88. The van der Waals surface area contributed by atoms with Crippen LogP contribution in [0.1, 0.15) is 37.5 Å². The summed E-state index contributed by atoms with van der Waals surface area (Å²) in [5.41, 5.74) is 0. The van der Waals surface area contributed by atoms with Gasteiger partial charge in [-0.1, -0.05) is 23.4 Å². The van der Waals surface area contributed by atoms with Gasteiger partial charge in [-0.2, -0.15) is 4.98 Å². The molecule has 1 aromatic carbocycles. The molecule has 118 valence electrons. The second-order valence-corrected chi connectivity index (χ2v) is 5.96. The Morgan fingerprint density at radius 2 is 2.00 bits per heavy atom. The first kappa shape index (κ1) is 15.0. The van der Waals surface area contributed by atoms with Gasteiger partial charge in [-0.05, 0) is 57.8 Å². The number of benzene rings is 1. The monoisotopic (exact) mass is 301 g/mol. The Balaban J connectivity index is 1.46. The summed E-state index contributed by atoms with van der Waals surface area (Å²) in [5, 5.41) is 3.88. The van der Waals surface area contributed by atoms with Crippen LogP contribution < -0.4 is 4.74 Å². The lowest BCUT2D eigenvalue weighted by molar-refractivity contribution is 0.0984. The van der Waals surface area contributed by atoms with E-state index in [1.807, 2.05) is 37.3 Å². The van der Waals surface area contributed by atoms with Crippen molar-refractivity contribution < 1.29 is 9.26 Å². The Morgan fingerprint density at radius 1 is 1.27 bits per heavy atom. The minimum absolute atomic E-state index is 0.192. The second-order valence-electron chi connectivity index (χ2n) is 5.96. The average molecular weight is 301 g/mol. The molecule has 1 saturated heterocycles. The molecule has 0 spiro atoms. The number of rotatable bonds is 5. The van der Waals surface area contributed by atoms with Gasteiger partial charge in [0.25, 0.3) is 0 Å². The maximum Gasteiger partial charge on any atom is 0.243 e. The fourth-order valence-electron chi connectivity index (χ4n) is 2.88. The molecule has 1 aromatic heterocycles. The number of ether oxygens (including phenoxy) is 1. The highest BCUT2D eigenvalue weighted by Crippen LogP contribution is 2.26. The summed E-state index contributed by atoms with van der Waals surface area (Å²) < 4.78 is 11.2. The summed E-state index contributed by atoms with van der Waals surface area (Å²) in [6.45, 7) is 6.88. The minimum Gasteiger partial charge on any atom is -0.493 e. The van der Waals surface area contributed by atoms with Gasteiger partial charge >= 0.3 is 0 Å². The van der Waals surface area contributed by atoms with Gasteiger partial charge in [0.2, 0.25) is 5.89 Å². The number of piperidine rings is 1. The van der Waals surface area contributed by atoms with Gasteiger partial charge < -0.3 is 9.26 Å². The van der Waals surface area contributed by atoms with Crippen molar-refractivity contribution in [2.45, 2.75) is 32.7 Å². The van der Waals surface area contributed by atoms with Crippen molar-refractivity contribution in [3.05, 3.63) is 42.0 Å². The standard InChI is InChI=1S/C17H23N3O2/c1-13(17-18-14(2)19-22-17)20-10-8-15(9-11-20)12-21-16-6-4-3-5-7-16/h3-7,13,15H,8-12H2,1-2H3. The molecule has 1 atom stereocenters. The predicted octanol–water partition coefficient (Wildman–Crippen LogP) is 3.23. The highest BCUT2D eigenvalue weighted by Gasteiger charge is 2.26. The summed E-state index contributed by atoms with van der Waals surface area (Å²) in [7, 11) is 0. The van der Waals surface area contributed by atoms with Crippen LogP contribution >= 0.6 is 0 Å². The third-order valence-electron chi connectivity index (χ3n) is 4.33. The van der Waals surface area contributed by atoms with E-state index in [4.69, 9.17) is 9.26 Å². The Morgan fingerprint density at radius 3 is 2.64 bits per heavy atom. The molecule has 1 aliphatic rings. The van der Waals surface area contributed by atoms with E-state index < -0.39 is 0 Å². The number of nitrogens with zero attached hydrogens (tertiary/aromatic N) is 3. The van der Waals surface area contributed by atoms with Gasteiger partial charge in [0, 0.05) is 0 Å². The number of likely N-dealkylation sites (tertiary alicyclic amines) is 1. The van der Waals surface area contributed by atoms with E-state index in [9.17, 15) is 0 Å². The van der Waals surface area contributed by atoms with Crippen LogP contribution in [0.25, 0.3) is 0 Å². The lowest BCUT2D eigenvalue weighted by atomic mass is 9.97. The van der Waals surface area contributed by atoms with Crippen LogP contribution in [-0.4, -0.2) is 34.7 Å². The molecule has 2 aromatic rings. The van der Waals surface area contributed by atoms with Crippen molar-refractivity contribution in [3.8, 4) is 5.75 Å². The molecule has 1 fully saturated rings. The Bertz CT molecular complexity index is 577. The van der Waals surface area contributed by atoms with Crippen LogP contribution in [-0.2, 0) is 0 Å². The van der Waals surface area contributed by atoms with Crippen molar-refractivity contribution in [1.29, 1.82) is 0 Å². The van der Waals surface area contributed by atoms with E-state index in [-0.39, 0.29) is 6.04 Å². The predicted molar refractivity (Wildman–Crippen MR) is 83.7 cm³/mol. The first-order valence-electron chi connectivity index (χ1n) is 7.94. The van der Waals surface area contributed by atoms with Gasteiger partial charge in [-0.15, -0.1) is 0 Å². The van der Waals surface area contributed by atoms with Crippen LogP contribution in [0.4, 0.5) is 0 Å². The molecular weight excluding hydrogens is 278 g/mol. The highest BCUT2D eigenvalue weighted by atomic mass is 16.5. The second kappa shape index (κ2) is 6.92. The van der Waals surface area contributed by atoms with E-state index >= 15 is 0 Å². The molecular formula is C17H23N3O2. The van der Waals surface area contributed by atoms with E-state index in [1.54, 1.807) is 0 Å². The fourth-order valence-corrected chi connectivity index (χ4v) is 2.88. The van der Waals surface area contributed by atoms with Crippen LogP contribution in [0.15, 0.2) is 34.9 Å². The molecule has 1 unspecified atom stereocenters. The molecule has 0 N–H and O–H groups in total. The number of para-hydroxylation sites is 1. The van der Waals surface area contributed by atoms with Crippen molar-refractivity contribution >= 4 is 0 Å². The maximum absolute atomic E-state index is 5.87. The summed E-state index contributed by atoms with van der Waals surface area (Å²) in [6, 6.07) is 10.2. The molecule has 0 radical (unpaired) electrons. The van der Waals surface area contributed by atoms with E-state index in [0.717, 1.165) is 44.2 Å². The molecule has 2 heterocycles. The normalized spacial score (nSPS) is 18.3. The van der Waals surface area contributed by atoms with Crippen molar-refractivity contribution in [2.75, 3.05) is 19.7 Å². The lowest BCUT2D eigenvalue weighted by Crippen LogP contribution is -2.37. The molecule has 3 rings (SSSR count). The highest BCUT2D eigenvalue weighted by molar-refractivity contribution is 5.20. The molecule has 5 heteroatoms. The smallest absolute Gasteiger partial charge is 0.243 e. The third kappa shape index (κ3) is 3.65. The third-order valence-corrected chi connectivity index (χ3v) is 4.33. The zero-order valence-electron chi connectivity index (χ0n) is 13.2. The van der Waals surface area contributed by atoms with Crippen LogP contribution in [0.2, 0.25) is 0 Å². The zero-order valence-corrected chi connectivity index (χ0v) is 13.2. The summed E-state index contributed by atoms with van der Waals surface area (Å²) in [4.78, 5) is 6.75. The first-order chi connectivity index (χ1) is 10.7. The first-order valence-corrected chi connectivity index (χ1v) is 7.94. The molecule has 0 amide bonds. The maximum atomic E-state index is 5.87. The van der Waals surface area contributed by atoms with Crippen LogP contribution in [0.5, 0.6) is 5.75 Å². The lowest BCUT2D eigenvalue weighted by Gasteiger charge is -2.34. The summed E-state index contributed by atoms with van der Waals surface area (Å²) in [6.07, 6.45) is 2.29. The number of hydrogen-bond acceptors (Lipinski definition) is 5. The quantitative estimate of drug-likeness (QED) is 0.848. The summed E-state index contributed by atoms with van der Waals surface area (Å²) >= 11 is 0. The largest absolute Gasteiger partial charge is 0.493 e. The fraction of sp³-hybridized carbons (Fsp3) is 0.529. The van der Waals surface area contributed by atoms with Crippen LogP contribution in [0.3, 0.4) is 0 Å². The van der Waals surface area contributed by atoms with Crippen molar-refractivity contribution in [2.24, 2.45) is 5.92 Å². The molecule has 1 aliphatic heterocycles. The van der Waals surface area contributed by atoms with Gasteiger partial charge in [-0.3, -0.25) is 4.90 Å². The molecule has 22 heavy (non-hydrogen) atoms. The van der Waals surface area contributed by atoms with Crippen molar-refractivity contribution in [3.63, 3.8) is 0 Å². The topological polar surface area (TPSA) is 51.4 Å². The van der Waals surface area contributed by atoms with E-state index in [0.29, 0.717) is 11.7 Å². The SMILES string of the molecule is Cc1noc(C(C)N2CCC(COc3ccccc3)CC2)n1. The summed E-state index contributed by atoms with van der Waals surface area (Å²) in [5.74, 6) is 3.00. The zero-order chi connectivity index (χ0) is 15.4. The van der Waals surface area contributed by atoms with E-state index in [1.165, 1.54) is 0 Å². The Kier molecular flexibility index (Phi) is 4.73. The number of hydrogen-bond donors (Lipinski definition) is 0. The number of aryl methyl sites for hydroxylation is 1. The Labute approximate surface area is 131 Å². The van der Waals surface area contributed by atoms with Crippen molar-refractivity contribution in [1.82, 2.24) is 15.0 Å². The minimum atomic E-state index is 0.192. The average Bonchev–Trinajstić information content (AvgIpc) is 3.00. The van der Waals surface area contributed by atoms with Crippen LogP contribution in [0, 0.1) is 12.8 Å².